The van der Waals surface area contributed by atoms with Crippen molar-refractivity contribution in [1.82, 2.24) is 15.0 Å². The number of phenolic OH excluding ortho intramolecular Hbond substituents is 1. The summed E-state index contributed by atoms with van der Waals surface area (Å²) in [5.41, 5.74) is 3.78. The normalized spacial score (nSPS) is 12.1. The molecule has 1 aromatic heterocycles. The molecule has 1 atom stereocenters. The predicted octanol–water partition coefficient (Wildman–Crippen LogP) is 5.96. The van der Waals surface area contributed by atoms with Crippen LogP contribution in [0.5, 0.6) is 5.75 Å². The number of hydrogen-bond acceptors (Lipinski definition) is 7. The summed E-state index contributed by atoms with van der Waals surface area (Å²) in [6.07, 6.45) is 1.79. The van der Waals surface area contributed by atoms with Crippen molar-refractivity contribution in [1.29, 1.82) is 0 Å². The van der Waals surface area contributed by atoms with E-state index in [-0.39, 0.29) is 11.3 Å². The molecule has 4 rings (SSSR count). The zero-order valence-electron chi connectivity index (χ0n) is 21.7. The number of urea groups is 1. The van der Waals surface area contributed by atoms with E-state index in [1.165, 1.54) is 11.3 Å². The standard InChI is InChI=1S/C28H31N5O3S2/c1-28(2,3)33-38(36)25-15-21(32-27(35)31-16-18-5-12-22(34)13-6-18)11-14-23(25)24-17-30-26(37-24)19-7-9-20(29-4)10-8-19/h5-15,17,29,33-34H,16H2,1-4H3,(H2,31,32,35). The lowest BCUT2D eigenvalue weighted by Crippen LogP contribution is -2.40. The summed E-state index contributed by atoms with van der Waals surface area (Å²) in [4.78, 5) is 18.6. The van der Waals surface area contributed by atoms with Gasteiger partial charge in [0.05, 0.1) is 27.3 Å². The fourth-order valence-electron chi connectivity index (χ4n) is 3.57. The second-order valence-corrected chi connectivity index (χ2v) is 11.9. The Labute approximate surface area is 229 Å². The van der Waals surface area contributed by atoms with Crippen molar-refractivity contribution in [3.8, 4) is 26.8 Å². The highest BCUT2D eigenvalue weighted by Crippen LogP contribution is 2.37. The molecule has 4 aromatic rings. The van der Waals surface area contributed by atoms with E-state index >= 15 is 0 Å². The molecular formula is C28H31N5O3S2. The average Bonchev–Trinajstić information content (AvgIpc) is 3.37. The lowest BCUT2D eigenvalue weighted by molar-refractivity contribution is 0.251. The summed E-state index contributed by atoms with van der Waals surface area (Å²) in [7, 11) is 1.88. The Hall–Kier alpha value is -3.57. The van der Waals surface area contributed by atoms with Gasteiger partial charge >= 0.3 is 6.03 Å². The molecule has 0 radical (unpaired) electrons. The van der Waals surface area contributed by atoms with E-state index in [9.17, 15) is 14.5 Å². The van der Waals surface area contributed by atoms with E-state index in [0.29, 0.717) is 17.1 Å². The molecule has 38 heavy (non-hydrogen) atoms. The van der Waals surface area contributed by atoms with Gasteiger partial charge in [0.1, 0.15) is 10.8 Å². The molecule has 0 spiro atoms. The molecule has 1 unspecified atom stereocenters. The topological polar surface area (TPSA) is 121 Å². The van der Waals surface area contributed by atoms with Crippen molar-refractivity contribution < 1.29 is 14.5 Å². The van der Waals surface area contributed by atoms with Gasteiger partial charge in [-0.3, -0.25) is 0 Å². The monoisotopic (exact) mass is 549 g/mol. The Morgan fingerprint density at radius 3 is 2.37 bits per heavy atom. The minimum atomic E-state index is -1.54. The van der Waals surface area contributed by atoms with Gasteiger partial charge in [0.25, 0.3) is 0 Å². The van der Waals surface area contributed by atoms with Gasteiger partial charge in [0, 0.05) is 42.8 Å². The molecule has 5 N–H and O–H groups in total. The summed E-state index contributed by atoms with van der Waals surface area (Å²) in [6, 6.07) is 19.6. The molecule has 0 bridgehead atoms. The quantitative estimate of drug-likeness (QED) is 0.173. The van der Waals surface area contributed by atoms with Crippen LogP contribution < -0.4 is 20.7 Å². The molecule has 0 saturated carbocycles. The van der Waals surface area contributed by atoms with E-state index in [1.54, 1.807) is 42.6 Å². The van der Waals surface area contributed by atoms with Gasteiger partial charge in [-0.05, 0) is 74.9 Å². The summed E-state index contributed by atoms with van der Waals surface area (Å²) >= 11 is -0.0227. The molecule has 2 amide bonds. The van der Waals surface area contributed by atoms with Gasteiger partial charge in [-0.25, -0.2) is 9.78 Å². The second-order valence-electron chi connectivity index (χ2n) is 9.66. The van der Waals surface area contributed by atoms with Crippen LogP contribution in [0.3, 0.4) is 0 Å². The molecule has 3 aromatic carbocycles. The third-order valence-electron chi connectivity index (χ3n) is 5.42. The van der Waals surface area contributed by atoms with E-state index in [2.05, 4.69) is 25.7 Å². The van der Waals surface area contributed by atoms with Gasteiger partial charge < -0.3 is 25.6 Å². The third-order valence-corrected chi connectivity index (χ3v) is 8.03. The predicted molar refractivity (Wildman–Crippen MR) is 156 cm³/mol. The van der Waals surface area contributed by atoms with Crippen LogP contribution in [0.4, 0.5) is 16.2 Å². The number of nitrogens with one attached hydrogen (secondary N) is 4. The summed E-state index contributed by atoms with van der Waals surface area (Å²) < 4.78 is 16.5. The van der Waals surface area contributed by atoms with Crippen LogP contribution in [-0.4, -0.2) is 33.3 Å². The number of anilines is 2. The fraction of sp³-hybridized carbons (Fsp3) is 0.214. The molecule has 0 fully saturated rings. The number of thiazole rings is 1. The smallest absolute Gasteiger partial charge is 0.319 e. The minimum absolute atomic E-state index is 0.169. The number of nitrogens with zero attached hydrogens (tertiary/aromatic N) is 1. The highest BCUT2D eigenvalue weighted by molar-refractivity contribution is 7.89. The number of aromatic hydroxyl groups is 1. The highest BCUT2D eigenvalue weighted by Gasteiger charge is 2.26. The number of rotatable bonds is 8. The maximum atomic E-state index is 13.4. The SMILES string of the molecule is CNc1ccc(-c2ncc(-c3ccc(NC(=O)NCc4ccc(O)cc4)cc3[S+]([O-])NC(C)(C)C)s2)cc1. The van der Waals surface area contributed by atoms with Gasteiger partial charge in [-0.2, -0.15) is 0 Å². The number of phenols is 1. The van der Waals surface area contributed by atoms with Crippen LogP contribution in [0.25, 0.3) is 21.0 Å². The van der Waals surface area contributed by atoms with Gasteiger partial charge in [-0.1, -0.05) is 12.1 Å². The molecule has 198 valence electrons. The number of benzene rings is 3. The van der Waals surface area contributed by atoms with Gasteiger partial charge in [-0.15, -0.1) is 16.1 Å². The number of amides is 2. The van der Waals surface area contributed by atoms with Crippen LogP contribution in [0, 0.1) is 0 Å². The van der Waals surface area contributed by atoms with Crippen LogP contribution >= 0.6 is 11.3 Å². The Balaban J connectivity index is 1.56. The first-order chi connectivity index (χ1) is 18.1. The van der Waals surface area contributed by atoms with E-state index in [4.69, 9.17) is 0 Å². The number of carbonyl (C=O) groups excluding carboxylic acids is 1. The van der Waals surface area contributed by atoms with Crippen LogP contribution in [0.2, 0.25) is 0 Å². The number of hydrogen-bond donors (Lipinski definition) is 5. The van der Waals surface area contributed by atoms with Gasteiger partial charge in [0.15, 0.2) is 4.90 Å². The van der Waals surface area contributed by atoms with Crippen LogP contribution in [-0.2, 0) is 17.9 Å². The molecule has 0 aliphatic rings. The second kappa shape index (κ2) is 11.9. The first-order valence-corrected chi connectivity index (χ1v) is 14.0. The lowest BCUT2D eigenvalue weighted by atomic mass is 10.1. The maximum Gasteiger partial charge on any atom is 0.319 e. The van der Waals surface area contributed by atoms with Crippen molar-refractivity contribution in [3.05, 3.63) is 78.5 Å². The Morgan fingerprint density at radius 1 is 1.03 bits per heavy atom. The molecule has 0 saturated heterocycles. The Bertz CT molecular complexity index is 1380. The number of aromatic nitrogens is 1. The zero-order chi connectivity index (χ0) is 27.3. The lowest BCUT2D eigenvalue weighted by Gasteiger charge is -2.23. The Kier molecular flexibility index (Phi) is 8.58. The molecule has 10 heteroatoms. The largest absolute Gasteiger partial charge is 0.593 e. The summed E-state index contributed by atoms with van der Waals surface area (Å²) in [6.45, 7) is 6.14. The van der Waals surface area contributed by atoms with E-state index < -0.39 is 17.4 Å². The van der Waals surface area contributed by atoms with Crippen molar-refractivity contribution in [2.45, 2.75) is 37.8 Å². The maximum absolute atomic E-state index is 13.4. The average molecular weight is 550 g/mol. The first-order valence-electron chi connectivity index (χ1n) is 12.0. The third kappa shape index (κ3) is 7.26. The molecule has 1 heterocycles. The van der Waals surface area contributed by atoms with E-state index in [1.807, 2.05) is 58.2 Å². The molecule has 0 aliphatic heterocycles. The molecule has 0 aliphatic carbocycles. The first kappa shape index (κ1) is 27.5. The molecular weight excluding hydrogens is 518 g/mol. The summed E-state index contributed by atoms with van der Waals surface area (Å²) in [5, 5.41) is 19.0. The van der Waals surface area contributed by atoms with Crippen molar-refractivity contribution in [2.24, 2.45) is 0 Å². The number of carbonyl (C=O) groups is 1. The van der Waals surface area contributed by atoms with Gasteiger partial charge in [0.2, 0.25) is 0 Å². The highest BCUT2D eigenvalue weighted by atomic mass is 32.2. The molecule has 8 nitrogen and oxygen atoms in total. The summed E-state index contributed by atoms with van der Waals surface area (Å²) in [5.74, 6) is 0.169. The van der Waals surface area contributed by atoms with Crippen molar-refractivity contribution in [3.63, 3.8) is 0 Å². The van der Waals surface area contributed by atoms with Crippen LogP contribution in [0.1, 0.15) is 26.3 Å². The van der Waals surface area contributed by atoms with E-state index in [0.717, 1.165) is 32.3 Å². The van der Waals surface area contributed by atoms with Crippen molar-refractivity contribution >= 4 is 40.1 Å². The van der Waals surface area contributed by atoms with Crippen LogP contribution in [0.15, 0.2) is 77.8 Å². The zero-order valence-corrected chi connectivity index (χ0v) is 23.3. The fourth-order valence-corrected chi connectivity index (χ4v) is 5.88. The van der Waals surface area contributed by atoms with Crippen molar-refractivity contribution in [2.75, 3.05) is 17.7 Å². The minimum Gasteiger partial charge on any atom is -0.593 e. The Morgan fingerprint density at radius 2 is 1.71 bits per heavy atom.